The van der Waals surface area contributed by atoms with E-state index in [1.807, 2.05) is 14.0 Å². The van der Waals surface area contributed by atoms with Crippen LogP contribution in [0, 0.1) is 5.92 Å². The number of hydrogen-bond donors (Lipinski definition) is 1. The molecule has 122 valence electrons. The molecule has 2 rings (SSSR count). The first kappa shape index (κ1) is 16.8. The van der Waals surface area contributed by atoms with Gasteiger partial charge in [-0.1, -0.05) is 6.92 Å². The quantitative estimate of drug-likeness (QED) is 0.810. The van der Waals surface area contributed by atoms with Crippen LogP contribution in [0.2, 0.25) is 0 Å². The Labute approximate surface area is 129 Å². The highest BCUT2D eigenvalue weighted by atomic mass is 16.5. The molecule has 1 saturated heterocycles. The summed E-state index contributed by atoms with van der Waals surface area (Å²) in [5, 5.41) is 3.30. The van der Waals surface area contributed by atoms with Crippen LogP contribution in [0.3, 0.4) is 0 Å². The Bertz CT molecular complexity index is 361. The van der Waals surface area contributed by atoms with Gasteiger partial charge < -0.3 is 10.1 Å². The van der Waals surface area contributed by atoms with Crippen molar-refractivity contribution in [3.8, 4) is 0 Å². The van der Waals surface area contributed by atoms with E-state index >= 15 is 0 Å². The summed E-state index contributed by atoms with van der Waals surface area (Å²) < 4.78 is 5.34. The lowest BCUT2D eigenvalue weighted by atomic mass is 9.77. The van der Waals surface area contributed by atoms with Crippen molar-refractivity contribution >= 4 is 5.97 Å². The van der Waals surface area contributed by atoms with E-state index in [2.05, 4.69) is 24.1 Å². The van der Waals surface area contributed by atoms with Crippen LogP contribution in [0.1, 0.15) is 59.3 Å². The SMILES string of the molecule is CCOC(=O)C1(NC)CCCC(N2CC(C)CCC2C)C1. The molecule has 0 amide bonds. The average molecular weight is 296 g/mol. The smallest absolute Gasteiger partial charge is 0.326 e. The van der Waals surface area contributed by atoms with Crippen LogP contribution in [0.4, 0.5) is 0 Å². The van der Waals surface area contributed by atoms with Crippen LogP contribution in [-0.4, -0.2) is 48.7 Å². The second kappa shape index (κ2) is 7.10. The molecule has 4 unspecified atom stereocenters. The number of carbonyl (C=O) groups is 1. The van der Waals surface area contributed by atoms with Crippen molar-refractivity contribution in [1.29, 1.82) is 0 Å². The fourth-order valence-electron chi connectivity index (χ4n) is 4.14. The van der Waals surface area contributed by atoms with Gasteiger partial charge in [0.15, 0.2) is 0 Å². The van der Waals surface area contributed by atoms with Gasteiger partial charge in [0.25, 0.3) is 0 Å². The van der Waals surface area contributed by atoms with Crippen LogP contribution < -0.4 is 5.32 Å². The van der Waals surface area contributed by atoms with E-state index < -0.39 is 5.54 Å². The summed E-state index contributed by atoms with van der Waals surface area (Å²) in [7, 11) is 1.90. The third-order valence-corrected chi connectivity index (χ3v) is 5.50. The van der Waals surface area contributed by atoms with E-state index in [4.69, 9.17) is 4.74 Å². The van der Waals surface area contributed by atoms with Gasteiger partial charge in [0.2, 0.25) is 0 Å². The molecule has 0 aromatic heterocycles. The number of piperidine rings is 1. The molecule has 0 aromatic rings. The van der Waals surface area contributed by atoms with E-state index in [1.54, 1.807) is 0 Å². The normalized spacial score (nSPS) is 38.2. The summed E-state index contributed by atoms with van der Waals surface area (Å²) in [6, 6.07) is 1.15. The number of rotatable bonds is 4. The molecular formula is C17H32N2O2. The first-order valence-corrected chi connectivity index (χ1v) is 8.64. The molecule has 2 aliphatic rings. The maximum absolute atomic E-state index is 12.4. The minimum atomic E-state index is -0.473. The van der Waals surface area contributed by atoms with E-state index in [-0.39, 0.29) is 5.97 Å². The van der Waals surface area contributed by atoms with Gasteiger partial charge in [-0.2, -0.15) is 0 Å². The summed E-state index contributed by atoms with van der Waals surface area (Å²) >= 11 is 0. The van der Waals surface area contributed by atoms with E-state index in [0.29, 0.717) is 18.7 Å². The molecule has 4 atom stereocenters. The minimum Gasteiger partial charge on any atom is -0.465 e. The Morgan fingerprint density at radius 2 is 2.10 bits per heavy atom. The highest BCUT2D eigenvalue weighted by molar-refractivity contribution is 5.81. The lowest BCUT2D eigenvalue weighted by molar-refractivity contribution is -0.154. The number of esters is 1. The topological polar surface area (TPSA) is 41.6 Å². The molecule has 1 aliphatic heterocycles. The lowest BCUT2D eigenvalue weighted by Gasteiger charge is -2.47. The van der Waals surface area contributed by atoms with Crippen LogP contribution in [0.15, 0.2) is 0 Å². The zero-order valence-corrected chi connectivity index (χ0v) is 14.2. The molecule has 1 heterocycles. The number of nitrogens with one attached hydrogen (secondary N) is 1. The van der Waals surface area contributed by atoms with Gasteiger partial charge in [0.05, 0.1) is 6.61 Å². The van der Waals surface area contributed by atoms with E-state index in [0.717, 1.165) is 25.2 Å². The van der Waals surface area contributed by atoms with Crippen molar-refractivity contribution in [3.05, 3.63) is 0 Å². The standard InChI is InChI=1S/C17H32N2O2/c1-5-21-16(20)17(18-4)10-6-7-15(11-17)19-12-13(2)8-9-14(19)3/h13-15,18H,5-12H2,1-4H3. The number of carbonyl (C=O) groups excluding carboxylic acids is 1. The summed E-state index contributed by atoms with van der Waals surface area (Å²) in [5.74, 6) is 0.713. The summed E-state index contributed by atoms with van der Waals surface area (Å²) in [6.07, 6.45) is 6.71. The molecule has 21 heavy (non-hydrogen) atoms. The number of ether oxygens (including phenoxy) is 1. The Morgan fingerprint density at radius 3 is 2.76 bits per heavy atom. The number of likely N-dealkylation sites (N-methyl/N-ethyl adjacent to an activating group) is 1. The first-order valence-electron chi connectivity index (χ1n) is 8.64. The Kier molecular flexibility index (Phi) is 5.67. The van der Waals surface area contributed by atoms with Crippen LogP contribution in [0.25, 0.3) is 0 Å². The van der Waals surface area contributed by atoms with Gasteiger partial charge in [0, 0.05) is 18.6 Å². The van der Waals surface area contributed by atoms with Gasteiger partial charge in [-0.25, -0.2) is 0 Å². The molecule has 0 aromatic carbocycles. The Hall–Kier alpha value is -0.610. The molecule has 0 spiro atoms. The Morgan fingerprint density at radius 1 is 1.33 bits per heavy atom. The van der Waals surface area contributed by atoms with Gasteiger partial charge in [-0.05, 0) is 65.3 Å². The molecule has 0 radical (unpaired) electrons. The van der Waals surface area contributed by atoms with Crippen LogP contribution >= 0.6 is 0 Å². The van der Waals surface area contributed by atoms with Crippen molar-refractivity contribution < 1.29 is 9.53 Å². The van der Waals surface area contributed by atoms with Crippen molar-refractivity contribution in [2.45, 2.75) is 76.9 Å². The van der Waals surface area contributed by atoms with Crippen LogP contribution in [0.5, 0.6) is 0 Å². The first-order chi connectivity index (χ1) is 10.0. The minimum absolute atomic E-state index is 0.0603. The maximum atomic E-state index is 12.4. The van der Waals surface area contributed by atoms with Crippen molar-refractivity contribution in [2.75, 3.05) is 20.2 Å². The molecule has 4 heteroatoms. The molecule has 4 nitrogen and oxygen atoms in total. The third kappa shape index (κ3) is 3.59. The Balaban J connectivity index is 2.09. The van der Waals surface area contributed by atoms with Gasteiger partial charge in [-0.15, -0.1) is 0 Å². The molecule has 0 bridgehead atoms. The molecule has 2 fully saturated rings. The van der Waals surface area contributed by atoms with Crippen molar-refractivity contribution in [1.82, 2.24) is 10.2 Å². The van der Waals surface area contributed by atoms with Gasteiger partial charge in [0.1, 0.15) is 5.54 Å². The third-order valence-electron chi connectivity index (χ3n) is 5.50. The fourth-order valence-corrected chi connectivity index (χ4v) is 4.14. The molecule has 1 saturated carbocycles. The number of hydrogen-bond acceptors (Lipinski definition) is 4. The summed E-state index contributed by atoms with van der Waals surface area (Å²) in [5.41, 5.74) is -0.473. The molecule has 1 aliphatic carbocycles. The van der Waals surface area contributed by atoms with Crippen molar-refractivity contribution in [3.63, 3.8) is 0 Å². The highest BCUT2D eigenvalue weighted by Gasteiger charge is 2.45. The largest absolute Gasteiger partial charge is 0.465 e. The van der Waals surface area contributed by atoms with Gasteiger partial charge >= 0.3 is 5.97 Å². The predicted octanol–water partition coefficient (Wildman–Crippen LogP) is 2.57. The number of nitrogens with zero attached hydrogens (tertiary/aromatic N) is 1. The average Bonchev–Trinajstić information content (AvgIpc) is 2.50. The summed E-state index contributed by atoms with van der Waals surface area (Å²) in [4.78, 5) is 15.1. The molecule has 1 N–H and O–H groups in total. The maximum Gasteiger partial charge on any atom is 0.326 e. The monoisotopic (exact) mass is 296 g/mol. The second-order valence-electron chi connectivity index (χ2n) is 7.03. The summed E-state index contributed by atoms with van der Waals surface area (Å²) in [6.45, 7) is 8.21. The molecular weight excluding hydrogens is 264 g/mol. The highest BCUT2D eigenvalue weighted by Crippen LogP contribution is 2.35. The van der Waals surface area contributed by atoms with Gasteiger partial charge in [-0.3, -0.25) is 9.69 Å². The second-order valence-corrected chi connectivity index (χ2v) is 7.03. The van der Waals surface area contributed by atoms with Crippen LogP contribution in [-0.2, 0) is 9.53 Å². The van der Waals surface area contributed by atoms with E-state index in [1.165, 1.54) is 25.8 Å². The number of likely N-dealkylation sites (tertiary alicyclic amines) is 1. The van der Waals surface area contributed by atoms with E-state index in [9.17, 15) is 4.79 Å². The fraction of sp³-hybridized carbons (Fsp3) is 0.941. The van der Waals surface area contributed by atoms with Crippen molar-refractivity contribution in [2.24, 2.45) is 5.92 Å². The predicted molar refractivity (Wildman–Crippen MR) is 85.2 cm³/mol. The lowest BCUT2D eigenvalue weighted by Crippen LogP contribution is -2.59. The zero-order valence-electron chi connectivity index (χ0n) is 14.2. The zero-order chi connectivity index (χ0) is 15.5.